The first-order valence-corrected chi connectivity index (χ1v) is 6.81. The van der Waals surface area contributed by atoms with Gasteiger partial charge in [0.05, 0.1) is 22.4 Å². The summed E-state index contributed by atoms with van der Waals surface area (Å²) >= 11 is 0. The average molecular weight is 269 g/mol. The Balaban J connectivity index is 1.72. The van der Waals surface area contributed by atoms with Crippen molar-refractivity contribution in [1.82, 2.24) is 25.5 Å². The molecule has 1 aliphatic heterocycles. The van der Waals surface area contributed by atoms with E-state index in [2.05, 4.69) is 31.5 Å². The van der Waals surface area contributed by atoms with E-state index >= 15 is 0 Å². The second kappa shape index (κ2) is 4.35. The van der Waals surface area contributed by atoms with Crippen LogP contribution in [0, 0.1) is 0 Å². The molecule has 0 spiro atoms. The number of H-pyrrole nitrogens is 3. The standard InChI is InChI=1S/C14H15N5O/c20-14-16-10-4-3-8(6-12(10)17-14)11-7-13(19-18-11)9-2-1-5-15-9/h3-4,6-7,9,15H,1-2,5H2,(H,18,19)(H2,16,17,20). The summed E-state index contributed by atoms with van der Waals surface area (Å²) in [6.07, 6.45) is 2.35. The first kappa shape index (κ1) is 11.5. The third-order valence-corrected chi connectivity index (χ3v) is 3.85. The van der Waals surface area contributed by atoms with Crippen LogP contribution in [-0.4, -0.2) is 26.7 Å². The van der Waals surface area contributed by atoms with Crippen LogP contribution in [0.1, 0.15) is 24.6 Å². The van der Waals surface area contributed by atoms with Crippen LogP contribution in [-0.2, 0) is 0 Å². The van der Waals surface area contributed by atoms with Crippen LogP contribution in [0.25, 0.3) is 22.3 Å². The lowest BCUT2D eigenvalue weighted by atomic mass is 10.1. The third-order valence-electron chi connectivity index (χ3n) is 3.85. The van der Waals surface area contributed by atoms with E-state index in [0.29, 0.717) is 6.04 Å². The van der Waals surface area contributed by atoms with Gasteiger partial charge in [0.2, 0.25) is 0 Å². The maximum Gasteiger partial charge on any atom is 0.323 e. The molecule has 102 valence electrons. The lowest BCUT2D eigenvalue weighted by Crippen LogP contribution is -2.12. The maximum absolute atomic E-state index is 11.3. The maximum atomic E-state index is 11.3. The third kappa shape index (κ3) is 1.85. The van der Waals surface area contributed by atoms with Crippen LogP contribution >= 0.6 is 0 Å². The number of nitrogens with zero attached hydrogens (tertiary/aromatic N) is 1. The van der Waals surface area contributed by atoms with Crippen LogP contribution in [0.2, 0.25) is 0 Å². The first-order chi connectivity index (χ1) is 9.79. The highest BCUT2D eigenvalue weighted by atomic mass is 16.1. The predicted molar refractivity (Wildman–Crippen MR) is 76.5 cm³/mol. The molecule has 1 fully saturated rings. The number of nitrogens with one attached hydrogen (secondary N) is 4. The molecular formula is C14H15N5O. The van der Waals surface area contributed by atoms with Crippen molar-refractivity contribution in [2.24, 2.45) is 0 Å². The number of aromatic amines is 3. The van der Waals surface area contributed by atoms with Gasteiger partial charge in [0, 0.05) is 11.6 Å². The molecule has 6 heteroatoms. The van der Waals surface area contributed by atoms with Gasteiger partial charge in [-0.1, -0.05) is 6.07 Å². The van der Waals surface area contributed by atoms with E-state index in [1.165, 1.54) is 6.42 Å². The van der Waals surface area contributed by atoms with Gasteiger partial charge in [-0.15, -0.1) is 0 Å². The molecule has 1 aromatic carbocycles. The molecule has 2 aromatic heterocycles. The molecule has 0 radical (unpaired) electrons. The van der Waals surface area contributed by atoms with Gasteiger partial charge in [-0.25, -0.2) is 4.79 Å². The summed E-state index contributed by atoms with van der Waals surface area (Å²) in [5.41, 5.74) is 4.45. The zero-order chi connectivity index (χ0) is 13.5. The topological polar surface area (TPSA) is 89.4 Å². The number of benzene rings is 1. The molecule has 4 rings (SSSR count). The highest BCUT2D eigenvalue weighted by Gasteiger charge is 2.18. The highest BCUT2D eigenvalue weighted by molar-refractivity contribution is 5.80. The quantitative estimate of drug-likeness (QED) is 0.570. The van der Waals surface area contributed by atoms with Crippen molar-refractivity contribution in [3.63, 3.8) is 0 Å². The van der Waals surface area contributed by atoms with Crippen molar-refractivity contribution in [1.29, 1.82) is 0 Å². The van der Waals surface area contributed by atoms with Gasteiger partial charge in [0.25, 0.3) is 0 Å². The second-order valence-corrected chi connectivity index (χ2v) is 5.20. The van der Waals surface area contributed by atoms with Crippen LogP contribution < -0.4 is 11.0 Å². The number of aromatic nitrogens is 4. The van der Waals surface area contributed by atoms with E-state index in [-0.39, 0.29) is 5.69 Å². The van der Waals surface area contributed by atoms with E-state index in [1.54, 1.807) is 0 Å². The fraction of sp³-hybridized carbons (Fsp3) is 0.286. The molecule has 1 atom stereocenters. The van der Waals surface area contributed by atoms with Crippen molar-refractivity contribution in [3.05, 3.63) is 40.4 Å². The first-order valence-electron chi connectivity index (χ1n) is 6.81. The summed E-state index contributed by atoms with van der Waals surface area (Å²) in [7, 11) is 0. The van der Waals surface area contributed by atoms with Gasteiger partial charge >= 0.3 is 5.69 Å². The SMILES string of the molecule is O=c1[nH]c2ccc(-c3cc(C4CCCN4)[nH]n3)cc2[nH]1. The van der Waals surface area contributed by atoms with Crippen molar-refractivity contribution in [2.75, 3.05) is 6.54 Å². The molecule has 1 aliphatic rings. The molecule has 3 aromatic rings. The number of fused-ring (bicyclic) bond motifs is 1. The van der Waals surface area contributed by atoms with E-state index < -0.39 is 0 Å². The molecule has 6 nitrogen and oxygen atoms in total. The van der Waals surface area contributed by atoms with Gasteiger partial charge in [0.15, 0.2) is 0 Å². The average Bonchev–Trinajstić information content (AvgIpc) is 3.17. The molecule has 3 heterocycles. The molecule has 0 bridgehead atoms. The summed E-state index contributed by atoms with van der Waals surface area (Å²) in [6.45, 7) is 1.07. The molecule has 4 N–H and O–H groups in total. The molecule has 1 unspecified atom stereocenters. The van der Waals surface area contributed by atoms with Gasteiger partial charge in [0.1, 0.15) is 0 Å². The lowest BCUT2D eigenvalue weighted by molar-refractivity contribution is 0.625. The number of imidazole rings is 1. The summed E-state index contributed by atoms with van der Waals surface area (Å²) in [6, 6.07) is 8.26. The summed E-state index contributed by atoms with van der Waals surface area (Å²) in [5, 5.41) is 10.9. The summed E-state index contributed by atoms with van der Waals surface area (Å²) < 4.78 is 0. The number of hydrogen-bond acceptors (Lipinski definition) is 3. The van der Waals surface area contributed by atoms with Gasteiger partial charge in [-0.3, -0.25) is 5.10 Å². The van der Waals surface area contributed by atoms with Crippen LogP contribution in [0.4, 0.5) is 0 Å². The minimum atomic E-state index is -0.185. The minimum absolute atomic E-state index is 0.185. The van der Waals surface area contributed by atoms with Gasteiger partial charge < -0.3 is 15.3 Å². The molecule has 20 heavy (non-hydrogen) atoms. The van der Waals surface area contributed by atoms with E-state index in [0.717, 1.165) is 41.0 Å². The lowest BCUT2D eigenvalue weighted by Gasteiger charge is -2.05. The zero-order valence-electron chi connectivity index (χ0n) is 10.9. The van der Waals surface area contributed by atoms with Gasteiger partial charge in [-0.05, 0) is 37.6 Å². The van der Waals surface area contributed by atoms with Crippen molar-refractivity contribution in [2.45, 2.75) is 18.9 Å². The Morgan fingerprint density at radius 1 is 1.15 bits per heavy atom. The van der Waals surface area contributed by atoms with E-state index in [4.69, 9.17) is 0 Å². The van der Waals surface area contributed by atoms with Gasteiger partial charge in [-0.2, -0.15) is 5.10 Å². The van der Waals surface area contributed by atoms with Crippen molar-refractivity contribution in [3.8, 4) is 11.3 Å². The Morgan fingerprint density at radius 2 is 2.05 bits per heavy atom. The minimum Gasteiger partial charge on any atom is -0.309 e. The van der Waals surface area contributed by atoms with Crippen LogP contribution in [0.5, 0.6) is 0 Å². The highest BCUT2D eigenvalue weighted by Crippen LogP contribution is 2.26. The molecule has 0 saturated carbocycles. The van der Waals surface area contributed by atoms with Crippen molar-refractivity contribution < 1.29 is 0 Å². The largest absolute Gasteiger partial charge is 0.323 e. The number of hydrogen-bond donors (Lipinski definition) is 4. The normalized spacial score (nSPS) is 18.9. The van der Waals surface area contributed by atoms with Crippen molar-refractivity contribution >= 4 is 11.0 Å². The Morgan fingerprint density at radius 3 is 2.90 bits per heavy atom. The van der Waals surface area contributed by atoms with Crippen LogP contribution in [0.15, 0.2) is 29.1 Å². The predicted octanol–water partition coefficient (Wildman–Crippen LogP) is 1.67. The molecule has 0 aliphatic carbocycles. The second-order valence-electron chi connectivity index (χ2n) is 5.20. The smallest absolute Gasteiger partial charge is 0.309 e. The Bertz CT molecular complexity index is 806. The Labute approximate surface area is 114 Å². The summed E-state index contributed by atoms with van der Waals surface area (Å²) in [5.74, 6) is 0. The molecule has 0 amide bonds. The fourth-order valence-corrected chi connectivity index (χ4v) is 2.80. The van der Waals surface area contributed by atoms with E-state index in [1.807, 2.05) is 18.2 Å². The molecule has 1 saturated heterocycles. The Kier molecular flexibility index (Phi) is 2.50. The Hall–Kier alpha value is -2.34. The fourth-order valence-electron chi connectivity index (χ4n) is 2.80. The summed E-state index contributed by atoms with van der Waals surface area (Å²) in [4.78, 5) is 16.8. The van der Waals surface area contributed by atoms with E-state index in [9.17, 15) is 4.79 Å². The number of rotatable bonds is 2. The monoisotopic (exact) mass is 269 g/mol. The zero-order valence-corrected chi connectivity index (χ0v) is 10.9. The van der Waals surface area contributed by atoms with Crippen LogP contribution in [0.3, 0.4) is 0 Å². The molecular weight excluding hydrogens is 254 g/mol.